The van der Waals surface area contributed by atoms with Gasteiger partial charge in [0.25, 0.3) is 5.91 Å². The molecule has 4 N–H and O–H groups in total. The van der Waals surface area contributed by atoms with Gasteiger partial charge in [-0.1, -0.05) is 6.92 Å². The van der Waals surface area contributed by atoms with Crippen LogP contribution in [0.1, 0.15) is 35.9 Å². The van der Waals surface area contributed by atoms with Crippen LogP contribution in [0.25, 0.3) is 0 Å². The van der Waals surface area contributed by atoms with Crippen molar-refractivity contribution in [2.75, 3.05) is 17.6 Å². The van der Waals surface area contributed by atoms with Crippen molar-refractivity contribution < 1.29 is 4.79 Å². The van der Waals surface area contributed by atoms with Gasteiger partial charge in [-0.25, -0.2) is 0 Å². The maximum atomic E-state index is 11.8. The van der Waals surface area contributed by atoms with Crippen molar-refractivity contribution in [3.8, 4) is 0 Å². The molecule has 0 unspecified atom stereocenters. The van der Waals surface area contributed by atoms with E-state index in [4.69, 9.17) is 5.73 Å². The van der Waals surface area contributed by atoms with Crippen LogP contribution in [0.4, 0.5) is 10.7 Å². The van der Waals surface area contributed by atoms with Gasteiger partial charge in [0, 0.05) is 12.6 Å². The summed E-state index contributed by atoms with van der Waals surface area (Å²) >= 11 is 1.43. The normalized spacial score (nSPS) is 14.8. The van der Waals surface area contributed by atoms with Gasteiger partial charge >= 0.3 is 0 Å². The predicted molar refractivity (Wildman–Crippen MR) is 68.0 cm³/mol. The molecule has 1 amide bonds. The lowest BCUT2D eigenvalue weighted by Crippen LogP contribution is -2.25. The van der Waals surface area contributed by atoms with Crippen molar-refractivity contribution in [2.24, 2.45) is 0 Å². The fourth-order valence-electron chi connectivity index (χ4n) is 1.40. The Morgan fingerprint density at radius 3 is 3.00 bits per heavy atom. The summed E-state index contributed by atoms with van der Waals surface area (Å²) in [5.41, 5.74) is 6.39. The molecule has 0 aliphatic heterocycles. The Kier molecular flexibility index (Phi) is 3.33. The molecular weight excluding hydrogens is 222 g/mol. The Hall–Kier alpha value is -1.23. The zero-order valence-corrected chi connectivity index (χ0v) is 10.2. The molecule has 0 aromatic carbocycles. The molecule has 1 fully saturated rings. The van der Waals surface area contributed by atoms with E-state index in [9.17, 15) is 4.79 Å². The second-order valence-electron chi connectivity index (χ2n) is 4.07. The second-order valence-corrected chi connectivity index (χ2v) is 5.12. The molecule has 16 heavy (non-hydrogen) atoms. The quantitative estimate of drug-likeness (QED) is 0.736. The number of nitrogens with two attached hydrogens (primary N) is 1. The lowest BCUT2D eigenvalue weighted by atomic mass is 10.3. The maximum Gasteiger partial charge on any atom is 0.263 e. The van der Waals surface area contributed by atoms with Gasteiger partial charge in [0.1, 0.15) is 4.88 Å². The SMILES string of the molecule is CCCNc1cc(N)c(C(=O)NC2CC2)s1. The predicted octanol–water partition coefficient (Wildman–Crippen LogP) is 2.04. The van der Waals surface area contributed by atoms with Crippen LogP contribution in [0.15, 0.2) is 6.07 Å². The molecule has 2 rings (SSSR count). The van der Waals surface area contributed by atoms with Gasteiger partial charge in [-0.15, -0.1) is 11.3 Å². The Morgan fingerprint density at radius 2 is 2.38 bits per heavy atom. The zero-order chi connectivity index (χ0) is 11.5. The van der Waals surface area contributed by atoms with E-state index in [0.29, 0.717) is 16.6 Å². The number of hydrogen-bond acceptors (Lipinski definition) is 4. The van der Waals surface area contributed by atoms with Crippen molar-refractivity contribution >= 4 is 27.9 Å². The lowest BCUT2D eigenvalue weighted by Gasteiger charge is -2.01. The minimum Gasteiger partial charge on any atom is -0.397 e. The second kappa shape index (κ2) is 4.74. The van der Waals surface area contributed by atoms with Crippen molar-refractivity contribution in [1.29, 1.82) is 0 Å². The van der Waals surface area contributed by atoms with Gasteiger partial charge in [0.2, 0.25) is 0 Å². The van der Waals surface area contributed by atoms with Crippen molar-refractivity contribution in [1.82, 2.24) is 5.32 Å². The third kappa shape index (κ3) is 2.66. The number of anilines is 2. The Balaban J connectivity index is 2.01. The molecular formula is C11H17N3OS. The summed E-state index contributed by atoms with van der Waals surface area (Å²) in [4.78, 5) is 12.4. The molecule has 0 bridgehead atoms. The van der Waals surface area contributed by atoms with E-state index in [1.54, 1.807) is 0 Å². The third-order valence-electron chi connectivity index (χ3n) is 2.43. The summed E-state index contributed by atoms with van der Waals surface area (Å²) in [6.07, 6.45) is 3.25. The Labute approximate surface area is 99.2 Å². The van der Waals surface area contributed by atoms with Crippen LogP contribution in [-0.2, 0) is 0 Å². The first-order valence-corrected chi connectivity index (χ1v) is 6.46. The van der Waals surface area contributed by atoms with E-state index in [1.165, 1.54) is 11.3 Å². The molecule has 1 aliphatic rings. The van der Waals surface area contributed by atoms with Gasteiger partial charge in [-0.05, 0) is 25.3 Å². The molecule has 5 heteroatoms. The molecule has 0 spiro atoms. The molecule has 1 aliphatic carbocycles. The number of amides is 1. The highest BCUT2D eigenvalue weighted by molar-refractivity contribution is 7.18. The van der Waals surface area contributed by atoms with E-state index in [0.717, 1.165) is 30.8 Å². The summed E-state index contributed by atoms with van der Waals surface area (Å²) in [6.45, 7) is 3.01. The van der Waals surface area contributed by atoms with E-state index in [2.05, 4.69) is 17.6 Å². The number of rotatable bonds is 5. The summed E-state index contributed by atoms with van der Waals surface area (Å²) in [6, 6.07) is 2.21. The van der Waals surface area contributed by atoms with Crippen LogP contribution in [0.5, 0.6) is 0 Å². The highest BCUT2D eigenvalue weighted by atomic mass is 32.1. The number of nitrogens with one attached hydrogen (secondary N) is 2. The standard InChI is InChI=1S/C11H17N3OS/c1-2-5-13-9-6-8(12)10(16-9)11(15)14-7-3-4-7/h6-7,13H,2-5,12H2,1H3,(H,14,15). The van der Waals surface area contributed by atoms with E-state index >= 15 is 0 Å². The van der Waals surface area contributed by atoms with Crippen LogP contribution in [0, 0.1) is 0 Å². The van der Waals surface area contributed by atoms with Gasteiger partial charge in [-0.2, -0.15) is 0 Å². The van der Waals surface area contributed by atoms with Crippen LogP contribution in [0.2, 0.25) is 0 Å². The first-order valence-electron chi connectivity index (χ1n) is 5.64. The van der Waals surface area contributed by atoms with Gasteiger partial charge in [0.15, 0.2) is 0 Å². The molecule has 4 nitrogen and oxygen atoms in total. The Morgan fingerprint density at radius 1 is 1.62 bits per heavy atom. The molecule has 0 radical (unpaired) electrons. The van der Waals surface area contributed by atoms with Crippen molar-refractivity contribution in [2.45, 2.75) is 32.2 Å². The number of thiophene rings is 1. The molecule has 1 saturated carbocycles. The molecule has 1 aromatic heterocycles. The molecule has 1 aromatic rings. The number of carbonyl (C=O) groups is 1. The summed E-state index contributed by atoms with van der Waals surface area (Å²) < 4.78 is 0. The summed E-state index contributed by atoms with van der Waals surface area (Å²) in [5, 5.41) is 7.15. The minimum atomic E-state index is -0.0328. The van der Waals surface area contributed by atoms with E-state index < -0.39 is 0 Å². The van der Waals surface area contributed by atoms with Crippen molar-refractivity contribution in [3.63, 3.8) is 0 Å². The van der Waals surface area contributed by atoms with Crippen molar-refractivity contribution in [3.05, 3.63) is 10.9 Å². The Bertz CT molecular complexity index is 385. The van der Waals surface area contributed by atoms with Gasteiger partial charge in [0.05, 0.1) is 10.7 Å². The fourth-order valence-corrected chi connectivity index (χ4v) is 2.30. The highest BCUT2D eigenvalue weighted by Crippen LogP contribution is 2.30. The van der Waals surface area contributed by atoms with Gasteiger partial charge in [-0.3, -0.25) is 4.79 Å². The largest absolute Gasteiger partial charge is 0.397 e. The number of nitrogen functional groups attached to an aromatic ring is 1. The topological polar surface area (TPSA) is 67.1 Å². The lowest BCUT2D eigenvalue weighted by molar-refractivity contribution is 0.0956. The smallest absolute Gasteiger partial charge is 0.263 e. The zero-order valence-electron chi connectivity index (χ0n) is 9.38. The minimum absolute atomic E-state index is 0.0328. The fraction of sp³-hybridized carbons (Fsp3) is 0.545. The average Bonchev–Trinajstić information content (AvgIpc) is 2.97. The van der Waals surface area contributed by atoms with Crippen LogP contribution in [0.3, 0.4) is 0 Å². The average molecular weight is 239 g/mol. The number of carbonyl (C=O) groups excluding carboxylic acids is 1. The summed E-state index contributed by atoms with van der Waals surface area (Å²) in [5.74, 6) is -0.0328. The van der Waals surface area contributed by atoms with Crippen LogP contribution in [-0.4, -0.2) is 18.5 Å². The maximum absolute atomic E-state index is 11.8. The number of hydrogen-bond donors (Lipinski definition) is 3. The van der Waals surface area contributed by atoms with Gasteiger partial charge < -0.3 is 16.4 Å². The highest BCUT2D eigenvalue weighted by Gasteiger charge is 2.25. The molecule has 0 saturated heterocycles. The summed E-state index contributed by atoms with van der Waals surface area (Å²) in [7, 11) is 0. The molecule has 88 valence electrons. The third-order valence-corrected chi connectivity index (χ3v) is 3.54. The molecule has 1 heterocycles. The van der Waals surface area contributed by atoms with Crippen LogP contribution < -0.4 is 16.4 Å². The van der Waals surface area contributed by atoms with E-state index in [1.807, 2.05) is 6.07 Å². The van der Waals surface area contributed by atoms with E-state index in [-0.39, 0.29) is 5.91 Å². The van der Waals surface area contributed by atoms with Crippen LogP contribution >= 0.6 is 11.3 Å². The first-order chi connectivity index (χ1) is 7.70. The first kappa shape index (κ1) is 11.3. The monoisotopic (exact) mass is 239 g/mol. The molecule has 0 atom stereocenters.